The number of thiophene rings is 1. The Hall–Kier alpha value is -2.45. The molecule has 1 aliphatic carbocycles. The molecule has 1 atom stereocenters. The highest BCUT2D eigenvalue weighted by Crippen LogP contribution is 2.33. The number of anilines is 1. The van der Waals surface area contributed by atoms with Crippen LogP contribution in [0, 0.1) is 0 Å². The van der Waals surface area contributed by atoms with E-state index in [1.165, 1.54) is 16.7 Å². The third-order valence-corrected chi connectivity index (χ3v) is 6.62. The quantitative estimate of drug-likeness (QED) is 0.658. The highest BCUT2D eigenvalue weighted by molar-refractivity contribution is 7.18. The van der Waals surface area contributed by atoms with E-state index >= 15 is 0 Å². The Balaban J connectivity index is 1.72. The molecule has 1 unspecified atom stereocenters. The zero-order chi connectivity index (χ0) is 20.5. The number of fused-ring (bicyclic) bond motifs is 3. The summed E-state index contributed by atoms with van der Waals surface area (Å²) >= 11 is 7.59. The van der Waals surface area contributed by atoms with Crippen molar-refractivity contribution in [2.24, 2.45) is 0 Å². The van der Waals surface area contributed by atoms with E-state index in [-0.39, 0.29) is 11.5 Å². The van der Waals surface area contributed by atoms with Gasteiger partial charge in [-0.25, -0.2) is 0 Å². The van der Waals surface area contributed by atoms with Crippen LogP contribution in [0.3, 0.4) is 0 Å². The van der Waals surface area contributed by atoms with Crippen molar-refractivity contribution in [3.05, 3.63) is 44.0 Å². The van der Waals surface area contributed by atoms with Crippen LogP contribution < -0.4 is 15.6 Å². The van der Waals surface area contributed by atoms with E-state index in [2.05, 4.69) is 15.6 Å². The number of carbonyl (C=O) groups is 1. The molecule has 0 saturated carbocycles. The van der Waals surface area contributed by atoms with Gasteiger partial charge in [0.1, 0.15) is 11.8 Å². The van der Waals surface area contributed by atoms with E-state index in [1.807, 2.05) is 6.92 Å². The summed E-state index contributed by atoms with van der Waals surface area (Å²) in [4.78, 5) is 28.1. The number of nitrogens with zero attached hydrogens (tertiary/aromatic N) is 3. The van der Waals surface area contributed by atoms with Crippen LogP contribution in [-0.2, 0) is 17.6 Å². The summed E-state index contributed by atoms with van der Waals surface area (Å²) < 4.78 is 6.49. The molecule has 9 heteroatoms. The Bertz CT molecular complexity index is 1140. The zero-order valence-electron chi connectivity index (χ0n) is 16.2. The van der Waals surface area contributed by atoms with E-state index in [0.29, 0.717) is 33.1 Å². The Kier molecular flexibility index (Phi) is 5.56. The highest BCUT2D eigenvalue weighted by atomic mass is 35.5. The molecule has 1 aliphatic rings. The maximum atomic E-state index is 13.2. The van der Waals surface area contributed by atoms with Gasteiger partial charge in [-0.3, -0.25) is 9.59 Å². The normalized spacial score (nSPS) is 14.4. The average Bonchev–Trinajstić information content (AvgIpc) is 3.10. The summed E-state index contributed by atoms with van der Waals surface area (Å²) in [5.41, 5.74) is 1.27. The molecule has 0 radical (unpaired) electrons. The van der Waals surface area contributed by atoms with Gasteiger partial charge in [-0.2, -0.15) is 4.68 Å². The monoisotopic (exact) mass is 432 g/mol. The summed E-state index contributed by atoms with van der Waals surface area (Å²) in [5, 5.41) is 12.2. The molecule has 2 heterocycles. The molecule has 0 spiro atoms. The summed E-state index contributed by atoms with van der Waals surface area (Å²) in [5.74, 6) is 0.117. The Labute approximate surface area is 176 Å². The van der Waals surface area contributed by atoms with Gasteiger partial charge < -0.3 is 10.1 Å². The minimum atomic E-state index is -0.790. The fraction of sp³-hybridized carbons (Fsp3) is 0.400. The first-order valence-corrected chi connectivity index (χ1v) is 10.8. The Morgan fingerprint density at radius 2 is 2.17 bits per heavy atom. The van der Waals surface area contributed by atoms with Crippen LogP contribution >= 0.6 is 22.9 Å². The van der Waals surface area contributed by atoms with Gasteiger partial charge in [0.05, 0.1) is 18.2 Å². The van der Waals surface area contributed by atoms with Crippen molar-refractivity contribution in [3.63, 3.8) is 0 Å². The van der Waals surface area contributed by atoms with E-state index < -0.39 is 6.04 Å². The van der Waals surface area contributed by atoms with Gasteiger partial charge in [0.15, 0.2) is 4.83 Å². The number of carbonyl (C=O) groups excluding carboxylic acids is 1. The minimum absolute atomic E-state index is 0.255. The molecule has 29 heavy (non-hydrogen) atoms. The summed E-state index contributed by atoms with van der Waals surface area (Å²) in [6.45, 7) is 1.83. The average molecular weight is 433 g/mol. The molecule has 2 aromatic heterocycles. The molecular weight excluding hydrogens is 412 g/mol. The van der Waals surface area contributed by atoms with Crippen molar-refractivity contribution >= 4 is 44.7 Å². The maximum Gasteiger partial charge on any atom is 0.279 e. The number of amides is 1. The SMILES string of the molecule is CCC(C(=O)Nc1cc(Cl)ccc1OC)n1nnc2sc3c(c2c1=O)CCCC3. The highest BCUT2D eigenvalue weighted by Gasteiger charge is 2.26. The molecule has 1 amide bonds. The van der Waals surface area contributed by atoms with E-state index in [4.69, 9.17) is 16.3 Å². The zero-order valence-corrected chi connectivity index (χ0v) is 17.8. The number of rotatable bonds is 5. The lowest BCUT2D eigenvalue weighted by atomic mass is 9.97. The first-order chi connectivity index (χ1) is 14.0. The molecular formula is C20H21ClN4O3S. The van der Waals surface area contributed by atoms with Crippen molar-refractivity contribution in [1.29, 1.82) is 0 Å². The van der Waals surface area contributed by atoms with Gasteiger partial charge in [0.25, 0.3) is 5.56 Å². The second kappa shape index (κ2) is 8.12. The first kappa shape index (κ1) is 19.8. The van der Waals surface area contributed by atoms with Crippen LogP contribution in [0.25, 0.3) is 10.2 Å². The topological polar surface area (TPSA) is 86.1 Å². The predicted molar refractivity (Wildman–Crippen MR) is 114 cm³/mol. The van der Waals surface area contributed by atoms with Gasteiger partial charge in [0.2, 0.25) is 5.91 Å². The lowest BCUT2D eigenvalue weighted by molar-refractivity contribution is -0.119. The fourth-order valence-electron chi connectivity index (χ4n) is 3.75. The third-order valence-electron chi connectivity index (χ3n) is 5.21. The fourth-order valence-corrected chi connectivity index (χ4v) is 5.12. The van der Waals surface area contributed by atoms with E-state index in [0.717, 1.165) is 31.2 Å². The maximum absolute atomic E-state index is 13.2. The van der Waals surface area contributed by atoms with Crippen molar-refractivity contribution in [2.45, 2.75) is 45.1 Å². The second-order valence-electron chi connectivity index (χ2n) is 6.99. The number of aromatic nitrogens is 3. The molecule has 0 fully saturated rings. The van der Waals surface area contributed by atoms with Crippen LogP contribution in [0.4, 0.5) is 5.69 Å². The van der Waals surface area contributed by atoms with Gasteiger partial charge >= 0.3 is 0 Å². The van der Waals surface area contributed by atoms with Crippen LogP contribution in [-0.4, -0.2) is 28.0 Å². The van der Waals surface area contributed by atoms with Gasteiger partial charge in [-0.05, 0) is 55.9 Å². The first-order valence-electron chi connectivity index (χ1n) is 9.57. The Morgan fingerprint density at radius 1 is 1.38 bits per heavy atom. The smallest absolute Gasteiger partial charge is 0.279 e. The molecule has 3 aromatic rings. The number of hydrogen-bond donors (Lipinski definition) is 1. The van der Waals surface area contributed by atoms with E-state index in [9.17, 15) is 9.59 Å². The van der Waals surface area contributed by atoms with Crippen molar-refractivity contribution in [3.8, 4) is 5.75 Å². The lowest BCUT2D eigenvalue weighted by Crippen LogP contribution is -2.35. The van der Waals surface area contributed by atoms with Crippen molar-refractivity contribution < 1.29 is 9.53 Å². The number of hydrogen-bond acceptors (Lipinski definition) is 6. The summed E-state index contributed by atoms with van der Waals surface area (Å²) in [6.07, 6.45) is 4.43. The number of benzene rings is 1. The van der Waals surface area contributed by atoms with Crippen LogP contribution in [0.5, 0.6) is 5.75 Å². The summed E-state index contributed by atoms with van der Waals surface area (Å²) in [6, 6.07) is 4.17. The largest absolute Gasteiger partial charge is 0.495 e. The summed E-state index contributed by atoms with van der Waals surface area (Å²) in [7, 11) is 1.51. The number of halogens is 1. The number of aryl methyl sites for hydroxylation is 2. The van der Waals surface area contributed by atoms with Gasteiger partial charge in [0, 0.05) is 9.90 Å². The van der Waals surface area contributed by atoms with Crippen molar-refractivity contribution in [1.82, 2.24) is 15.0 Å². The third kappa shape index (κ3) is 3.62. The van der Waals surface area contributed by atoms with Crippen molar-refractivity contribution in [2.75, 3.05) is 12.4 Å². The molecule has 0 bridgehead atoms. The number of nitrogens with one attached hydrogen (secondary N) is 1. The predicted octanol–water partition coefficient (Wildman–Crippen LogP) is 3.98. The lowest BCUT2D eigenvalue weighted by Gasteiger charge is -2.17. The second-order valence-corrected chi connectivity index (χ2v) is 8.51. The molecule has 4 rings (SSSR count). The van der Waals surface area contributed by atoms with Gasteiger partial charge in [-0.1, -0.05) is 23.7 Å². The molecule has 152 valence electrons. The molecule has 0 saturated heterocycles. The molecule has 7 nitrogen and oxygen atoms in total. The Morgan fingerprint density at radius 3 is 2.93 bits per heavy atom. The molecule has 1 aromatic carbocycles. The standard InChI is InChI=1S/C20H21ClN4O3S/c1-3-14(18(26)22-13-10-11(21)8-9-15(13)28-2)25-20(27)17-12-6-4-5-7-16(12)29-19(17)23-24-25/h8-10,14H,3-7H2,1-2H3,(H,22,26). The molecule has 0 aliphatic heterocycles. The van der Waals surface area contributed by atoms with Crippen LogP contribution in [0.1, 0.15) is 42.7 Å². The molecule has 1 N–H and O–H groups in total. The van der Waals surface area contributed by atoms with Crippen LogP contribution in [0.15, 0.2) is 23.0 Å². The minimum Gasteiger partial charge on any atom is -0.495 e. The van der Waals surface area contributed by atoms with E-state index in [1.54, 1.807) is 29.5 Å². The number of ether oxygens (including phenoxy) is 1. The number of methoxy groups -OCH3 is 1. The van der Waals surface area contributed by atoms with Gasteiger partial charge in [-0.15, -0.1) is 16.4 Å². The van der Waals surface area contributed by atoms with Crippen LogP contribution in [0.2, 0.25) is 5.02 Å².